The number of ether oxygens (including phenoxy) is 1. The molecule has 0 aliphatic carbocycles. The summed E-state index contributed by atoms with van der Waals surface area (Å²) in [6.45, 7) is 1.70. The average Bonchev–Trinajstić information content (AvgIpc) is 3.22. The first-order valence-electron chi connectivity index (χ1n) is 10.6. The molecule has 0 aliphatic rings. The van der Waals surface area contributed by atoms with E-state index in [1.165, 1.54) is 59.4 Å². The average molecular weight is 553 g/mol. The first kappa shape index (κ1) is 26.2. The van der Waals surface area contributed by atoms with Gasteiger partial charge in [-0.1, -0.05) is 29.8 Å². The van der Waals surface area contributed by atoms with Crippen LogP contribution in [0.4, 0.5) is 24.8 Å². The van der Waals surface area contributed by atoms with Crippen LogP contribution in [0.5, 0.6) is 5.88 Å². The summed E-state index contributed by atoms with van der Waals surface area (Å²) in [7, 11) is -3.48. The lowest BCUT2D eigenvalue weighted by atomic mass is 10.1. The zero-order valence-electron chi connectivity index (χ0n) is 19.4. The van der Waals surface area contributed by atoms with Crippen LogP contribution < -0.4 is 15.2 Å². The third-order valence-corrected chi connectivity index (χ3v) is 5.83. The molecule has 0 saturated heterocycles. The number of rotatable bonds is 7. The molecule has 0 spiro atoms. The van der Waals surface area contributed by atoms with Gasteiger partial charge in [0.1, 0.15) is 0 Å². The molecule has 2 aromatic heterocycles. The summed E-state index contributed by atoms with van der Waals surface area (Å²) in [6, 6.07) is 12.7. The molecule has 1 atom stereocenters. The van der Waals surface area contributed by atoms with Crippen LogP contribution in [0, 0.1) is 6.92 Å². The molecule has 4 rings (SSSR count). The normalized spacial score (nSPS) is 12.8. The fraction of sp³-hybridized carbons (Fsp3) is 0.174. The molecule has 0 unspecified atom stereocenters. The van der Waals surface area contributed by atoms with Gasteiger partial charge in [0.25, 0.3) is 0 Å². The van der Waals surface area contributed by atoms with Gasteiger partial charge in [-0.15, -0.1) is 0 Å². The molecular formula is C23H20ClF3N6O3S. The number of aromatic nitrogens is 4. The van der Waals surface area contributed by atoms with Crippen molar-refractivity contribution in [1.82, 2.24) is 19.7 Å². The Balaban J connectivity index is 1.72. The molecule has 194 valence electrons. The van der Waals surface area contributed by atoms with E-state index in [0.29, 0.717) is 16.9 Å². The molecule has 37 heavy (non-hydrogen) atoms. The number of nitrogens with zero attached hydrogens (tertiary/aromatic N) is 4. The number of alkyl halides is 3. The standard InChI is InChI=1S/C23H20ClF3N6O3S/c1-13-9-10-33(31-13)19-11-15(24)5-8-17(19)21(23(25,26)27)36-20-12-18(29-22(28)30-20)14-3-6-16(7-4-14)32-37(2,34)35/h3-12,21,32H,1-2H3,(H2,28,29,30)/t21-/m1/s1. The molecule has 2 heterocycles. The second-order valence-corrected chi connectivity index (χ2v) is 10.2. The highest BCUT2D eigenvalue weighted by Crippen LogP contribution is 2.40. The minimum absolute atomic E-state index is 0.0825. The molecule has 0 amide bonds. The molecule has 0 bridgehead atoms. The molecule has 0 fully saturated rings. The zero-order valence-corrected chi connectivity index (χ0v) is 20.9. The Morgan fingerprint density at radius 3 is 2.38 bits per heavy atom. The smallest absolute Gasteiger partial charge is 0.429 e. The number of nitrogens with one attached hydrogen (secondary N) is 1. The first-order chi connectivity index (χ1) is 17.3. The van der Waals surface area contributed by atoms with Crippen LogP contribution in [0.1, 0.15) is 17.4 Å². The van der Waals surface area contributed by atoms with Gasteiger partial charge in [0.05, 0.1) is 23.3 Å². The molecule has 0 saturated carbocycles. The van der Waals surface area contributed by atoms with Gasteiger partial charge in [-0.05, 0) is 37.3 Å². The Morgan fingerprint density at radius 2 is 1.78 bits per heavy atom. The lowest BCUT2D eigenvalue weighted by molar-refractivity contribution is -0.198. The van der Waals surface area contributed by atoms with Gasteiger partial charge in [-0.2, -0.15) is 23.3 Å². The van der Waals surface area contributed by atoms with Gasteiger partial charge in [0.15, 0.2) is 0 Å². The van der Waals surface area contributed by atoms with Crippen molar-refractivity contribution in [2.75, 3.05) is 16.7 Å². The first-order valence-corrected chi connectivity index (χ1v) is 12.8. The Labute approximate surface area is 215 Å². The fourth-order valence-electron chi connectivity index (χ4n) is 3.49. The molecule has 14 heteroatoms. The van der Waals surface area contributed by atoms with Crippen LogP contribution in [-0.2, 0) is 10.0 Å². The maximum atomic E-state index is 14.3. The maximum absolute atomic E-state index is 14.3. The monoisotopic (exact) mass is 552 g/mol. The van der Waals surface area contributed by atoms with E-state index < -0.39 is 28.2 Å². The quantitative estimate of drug-likeness (QED) is 0.333. The van der Waals surface area contributed by atoms with E-state index in [2.05, 4.69) is 19.8 Å². The van der Waals surface area contributed by atoms with Crippen LogP contribution >= 0.6 is 11.6 Å². The summed E-state index contributed by atoms with van der Waals surface area (Å²) in [5, 5.41) is 4.42. The number of benzene rings is 2. The number of anilines is 2. The van der Waals surface area contributed by atoms with Crippen LogP contribution in [-0.4, -0.2) is 40.6 Å². The van der Waals surface area contributed by atoms with Crippen LogP contribution in [0.15, 0.2) is 60.8 Å². The predicted octanol–water partition coefficient (Wildman–Crippen LogP) is 4.93. The molecule has 0 aliphatic heterocycles. The Kier molecular flexibility index (Phi) is 7.02. The third-order valence-electron chi connectivity index (χ3n) is 4.98. The van der Waals surface area contributed by atoms with Gasteiger partial charge in [0.2, 0.25) is 28.0 Å². The SMILES string of the molecule is Cc1ccn(-c2cc(Cl)ccc2[C@@H](Oc2cc(-c3ccc(NS(C)(=O)=O)cc3)nc(N)n2)C(F)(F)F)n1. The van der Waals surface area contributed by atoms with E-state index in [-0.39, 0.29) is 27.9 Å². The van der Waals surface area contributed by atoms with Crippen molar-refractivity contribution in [2.45, 2.75) is 19.2 Å². The van der Waals surface area contributed by atoms with Crippen LogP contribution in [0.25, 0.3) is 16.9 Å². The third kappa shape index (κ3) is 6.49. The van der Waals surface area contributed by atoms with E-state index in [1.54, 1.807) is 13.0 Å². The molecule has 9 nitrogen and oxygen atoms in total. The Morgan fingerprint density at radius 1 is 1.08 bits per heavy atom. The van der Waals surface area contributed by atoms with E-state index in [4.69, 9.17) is 22.1 Å². The largest absolute Gasteiger partial charge is 0.459 e. The summed E-state index contributed by atoms with van der Waals surface area (Å²) in [4.78, 5) is 7.90. The topological polar surface area (TPSA) is 125 Å². The number of hydrogen-bond acceptors (Lipinski definition) is 7. The number of sulfonamides is 1. The van der Waals surface area contributed by atoms with Gasteiger partial charge >= 0.3 is 6.18 Å². The van der Waals surface area contributed by atoms with Gasteiger partial charge in [-0.25, -0.2) is 18.1 Å². The summed E-state index contributed by atoms with van der Waals surface area (Å²) in [5.74, 6) is -0.730. The summed E-state index contributed by atoms with van der Waals surface area (Å²) < 4.78 is 74.6. The van der Waals surface area contributed by atoms with E-state index in [0.717, 1.165) is 6.26 Å². The van der Waals surface area contributed by atoms with Crippen molar-refractivity contribution < 1.29 is 26.3 Å². The van der Waals surface area contributed by atoms with E-state index >= 15 is 0 Å². The minimum Gasteiger partial charge on any atom is -0.459 e. The fourth-order valence-corrected chi connectivity index (χ4v) is 4.22. The second-order valence-electron chi connectivity index (χ2n) is 8.05. The number of nitrogen functional groups attached to an aromatic ring is 1. The van der Waals surface area contributed by atoms with Gasteiger partial charge in [-0.3, -0.25) is 4.72 Å². The highest BCUT2D eigenvalue weighted by Gasteiger charge is 2.45. The van der Waals surface area contributed by atoms with Crippen molar-refractivity contribution in [3.63, 3.8) is 0 Å². The van der Waals surface area contributed by atoms with Crippen LogP contribution in [0.2, 0.25) is 5.02 Å². The van der Waals surface area contributed by atoms with Crippen molar-refractivity contribution in [1.29, 1.82) is 0 Å². The number of aryl methyl sites for hydroxylation is 1. The highest BCUT2D eigenvalue weighted by molar-refractivity contribution is 7.92. The lowest BCUT2D eigenvalue weighted by Gasteiger charge is -2.24. The second kappa shape index (κ2) is 9.90. The van der Waals surface area contributed by atoms with Crippen molar-refractivity contribution in [2.24, 2.45) is 0 Å². The Hall–Kier alpha value is -3.84. The zero-order chi connectivity index (χ0) is 27.0. The summed E-state index contributed by atoms with van der Waals surface area (Å²) in [5.41, 5.74) is 7.13. The molecule has 4 aromatic rings. The number of halogens is 4. The number of nitrogens with two attached hydrogens (primary N) is 1. The Bertz CT molecular complexity index is 1540. The molecule has 3 N–H and O–H groups in total. The van der Waals surface area contributed by atoms with Crippen LogP contribution in [0.3, 0.4) is 0 Å². The maximum Gasteiger partial charge on any atom is 0.429 e. The van der Waals surface area contributed by atoms with Crippen molar-refractivity contribution >= 4 is 33.3 Å². The van der Waals surface area contributed by atoms with Gasteiger partial charge < -0.3 is 10.5 Å². The number of hydrogen-bond donors (Lipinski definition) is 2. The van der Waals surface area contributed by atoms with Gasteiger partial charge in [0, 0.05) is 34.1 Å². The summed E-state index contributed by atoms with van der Waals surface area (Å²) >= 11 is 6.07. The minimum atomic E-state index is -4.84. The van der Waals surface area contributed by atoms with Crippen molar-refractivity contribution in [3.05, 3.63) is 77.1 Å². The summed E-state index contributed by atoms with van der Waals surface area (Å²) in [6.07, 6.45) is -4.76. The highest BCUT2D eigenvalue weighted by atomic mass is 35.5. The lowest BCUT2D eigenvalue weighted by Crippen LogP contribution is -2.28. The predicted molar refractivity (Wildman–Crippen MR) is 133 cm³/mol. The molecule has 2 aromatic carbocycles. The van der Waals surface area contributed by atoms with Crippen molar-refractivity contribution in [3.8, 4) is 22.8 Å². The van der Waals surface area contributed by atoms with E-state index in [1.807, 2.05) is 0 Å². The molecular weight excluding hydrogens is 533 g/mol. The van der Waals surface area contributed by atoms with E-state index in [9.17, 15) is 21.6 Å². The molecule has 0 radical (unpaired) electrons.